The van der Waals surface area contributed by atoms with Gasteiger partial charge in [-0.05, 0) is 12.2 Å². The highest BCUT2D eigenvalue weighted by Crippen LogP contribution is 1.94. The Morgan fingerprint density at radius 3 is 3.22 bits per heavy atom. The van der Waals surface area contributed by atoms with Gasteiger partial charge in [-0.1, -0.05) is 0 Å². The van der Waals surface area contributed by atoms with Crippen molar-refractivity contribution in [1.29, 1.82) is 0 Å². The van der Waals surface area contributed by atoms with Crippen molar-refractivity contribution in [2.24, 2.45) is 0 Å². The predicted octanol–water partition coefficient (Wildman–Crippen LogP) is -0.831. The SMILES string of the molecule is [2H]C([2H])(O)C([2H])([2H])N1CCNC1=S. The molecule has 1 heterocycles. The zero-order chi connectivity index (χ0) is 10.3. The van der Waals surface area contributed by atoms with E-state index in [0.717, 1.165) is 4.90 Å². The van der Waals surface area contributed by atoms with Crippen LogP contribution in [0.25, 0.3) is 0 Å². The lowest BCUT2D eigenvalue weighted by molar-refractivity contribution is 0.258. The fraction of sp³-hybridized carbons (Fsp3) is 0.800. The standard InChI is InChI=1S/C5H10N2OS/c8-4-3-7-2-1-6-5(7)9/h8H,1-4H2,(H,6,9)/i3D2,4D2. The molecule has 2 N–H and O–H groups in total. The molecule has 0 aliphatic carbocycles. The Kier molecular flexibility index (Phi) is 1.05. The van der Waals surface area contributed by atoms with E-state index in [4.69, 9.17) is 22.8 Å². The highest BCUT2D eigenvalue weighted by Gasteiger charge is 2.13. The molecule has 4 heteroatoms. The minimum absolute atomic E-state index is 0.128. The Morgan fingerprint density at radius 1 is 2.00 bits per heavy atom. The molecule has 1 rings (SSSR count). The van der Waals surface area contributed by atoms with E-state index >= 15 is 0 Å². The van der Waals surface area contributed by atoms with E-state index < -0.39 is 13.1 Å². The third-order valence-electron chi connectivity index (χ3n) is 1.04. The summed E-state index contributed by atoms with van der Waals surface area (Å²) in [4.78, 5) is 1.00. The average Bonchev–Trinajstić information content (AvgIpc) is 2.32. The molecule has 0 aromatic heterocycles. The molecule has 1 saturated heterocycles. The van der Waals surface area contributed by atoms with Crippen molar-refractivity contribution in [3.8, 4) is 0 Å². The summed E-state index contributed by atoms with van der Waals surface area (Å²) in [5, 5.41) is 11.8. The normalized spacial score (nSPS) is 28.1. The summed E-state index contributed by atoms with van der Waals surface area (Å²) < 4.78 is 28.5. The number of thiocarbonyl (C=S) groups is 1. The molecule has 0 atom stereocenters. The Labute approximate surface area is 65.3 Å². The maximum atomic E-state index is 8.95. The molecule has 0 spiro atoms. The first kappa shape index (κ1) is 3.16. The maximum Gasteiger partial charge on any atom is 0.169 e. The molecule has 0 aromatic carbocycles. The smallest absolute Gasteiger partial charge is 0.169 e. The fourth-order valence-electron chi connectivity index (χ4n) is 0.639. The lowest BCUT2D eigenvalue weighted by Gasteiger charge is -2.13. The first-order valence-electron chi connectivity index (χ1n) is 4.54. The summed E-state index contributed by atoms with van der Waals surface area (Å²) in [5.74, 6) is 0. The number of rotatable bonds is 2. The zero-order valence-corrected chi connectivity index (χ0v) is 5.53. The summed E-state index contributed by atoms with van der Waals surface area (Å²) in [7, 11) is 0. The molecule has 0 amide bonds. The van der Waals surface area contributed by atoms with Gasteiger partial charge in [0.15, 0.2) is 5.11 Å². The fourth-order valence-corrected chi connectivity index (χ4v) is 0.878. The number of aliphatic hydroxyl groups is 1. The average molecular weight is 150 g/mol. The summed E-state index contributed by atoms with van der Waals surface area (Å²) in [5.41, 5.74) is 0. The largest absolute Gasteiger partial charge is 0.395 e. The number of hydrogen-bond acceptors (Lipinski definition) is 2. The van der Waals surface area contributed by atoms with E-state index in [9.17, 15) is 0 Å². The Balaban J connectivity index is 2.86. The molecular formula is C5H10N2OS. The van der Waals surface area contributed by atoms with Gasteiger partial charge in [0.1, 0.15) is 0 Å². The van der Waals surface area contributed by atoms with E-state index in [1.54, 1.807) is 0 Å². The Morgan fingerprint density at radius 2 is 2.78 bits per heavy atom. The third kappa shape index (κ3) is 1.53. The molecule has 1 fully saturated rings. The second kappa shape index (κ2) is 2.98. The van der Waals surface area contributed by atoms with E-state index in [1.807, 2.05) is 0 Å². The molecule has 0 aromatic rings. The summed E-state index contributed by atoms with van der Waals surface area (Å²) in [6, 6.07) is 0. The lowest BCUT2D eigenvalue weighted by atomic mass is 10.5. The van der Waals surface area contributed by atoms with Crippen molar-refractivity contribution in [3.05, 3.63) is 0 Å². The van der Waals surface area contributed by atoms with Crippen LogP contribution in [0, 0.1) is 0 Å². The summed E-state index contributed by atoms with van der Waals surface area (Å²) in [6.45, 7) is -4.70. The van der Waals surface area contributed by atoms with Gasteiger partial charge in [-0.15, -0.1) is 0 Å². The minimum atomic E-state index is -2.93. The van der Waals surface area contributed by atoms with Crippen molar-refractivity contribution >= 4 is 17.3 Å². The molecule has 0 saturated carbocycles. The third-order valence-corrected chi connectivity index (χ3v) is 1.41. The van der Waals surface area contributed by atoms with Crippen molar-refractivity contribution in [3.63, 3.8) is 0 Å². The van der Waals surface area contributed by atoms with Gasteiger partial charge in [0.25, 0.3) is 0 Å². The van der Waals surface area contributed by atoms with E-state index in [-0.39, 0.29) is 11.7 Å². The predicted molar refractivity (Wildman–Crippen MR) is 39.3 cm³/mol. The molecule has 0 bridgehead atoms. The first-order chi connectivity index (χ1) is 5.77. The van der Waals surface area contributed by atoms with Crippen molar-refractivity contribution in [2.75, 3.05) is 26.1 Å². The number of hydrogen-bond donors (Lipinski definition) is 2. The van der Waals surface area contributed by atoms with E-state index in [2.05, 4.69) is 5.32 Å². The van der Waals surface area contributed by atoms with Gasteiger partial charge < -0.3 is 15.3 Å². The van der Waals surface area contributed by atoms with Gasteiger partial charge in [0.2, 0.25) is 0 Å². The molecule has 3 nitrogen and oxygen atoms in total. The van der Waals surface area contributed by atoms with Crippen LogP contribution in [-0.4, -0.2) is 41.3 Å². The van der Waals surface area contributed by atoms with E-state index in [1.165, 1.54) is 0 Å². The monoisotopic (exact) mass is 150 g/mol. The van der Waals surface area contributed by atoms with Gasteiger partial charge in [-0.2, -0.15) is 0 Å². The molecule has 1 aliphatic rings. The maximum absolute atomic E-state index is 8.95. The Hall–Kier alpha value is -0.350. The number of nitrogens with zero attached hydrogens (tertiary/aromatic N) is 1. The van der Waals surface area contributed by atoms with E-state index in [0.29, 0.717) is 6.54 Å². The number of β-amino-alcohol motifs (C(OH)–C–C–N with tert-alkyl or cyclic N) is 1. The van der Waals surface area contributed by atoms with Gasteiger partial charge in [0, 0.05) is 19.6 Å². The second-order valence-electron chi connectivity index (χ2n) is 1.61. The minimum Gasteiger partial charge on any atom is -0.395 e. The van der Waals surface area contributed by atoms with Crippen LogP contribution in [0.2, 0.25) is 0 Å². The lowest BCUT2D eigenvalue weighted by Crippen LogP contribution is -2.30. The first-order valence-corrected chi connectivity index (χ1v) is 2.95. The summed E-state index contributed by atoms with van der Waals surface area (Å²) >= 11 is 4.75. The van der Waals surface area contributed by atoms with Crippen molar-refractivity contribution in [2.45, 2.75) is 0 Å². The van der Waals surface area contributed by atoms with Gasteiger partial charge in [0.05, 0.1) is 12.0 Å². The highest BCUT2D eigenvalue weighted by atomic mass is 32.1. The molecule has 1 aliphatic heterocycles. The molecular weight excluding hydrogens is 136 g/mol. The summed E-state index contributed by atoms with van der Waals surface area (Å²) in [6.07, 6.45) is 0. The van der Waals surface area contributed by atoms with Crippen LogP contribution in [0.1, 0.15) is 5.48 Å². The second-order valence-corrected chi connectivity index (χ2v) is 1.99. The van der Waals surface area contributed by atoms with Crippen LogP contribution in [0.5, 0.6) is 0 Å². The van der Waals surface area contributed by atoms with Gasteiger partial charge in [-0.25, -0.2) is 0 Å². The van der Waals surface area contributed by atoms with Crippen LogP contribution >= 0.6 is 12.2 Å². The van der Waals surface area contributed by atoms with Gasteiger partial charge in [-0.3, -0.25) is 0 Å². The van der Waals surface area contributed by atoms with Crippen LogP contribution in [0.4, 0.5) is 0 Å². The van der Waals surface area contributed by atoms with Crippen molar-refractivity contribution < 1.29 is 10.6 Å². The van der Waals surface area contributed by atoms with Crippen LogP contribution in [0.15, 0.2) is 0 Å². The van der Waals surface area contributed by atoms with Crippen molar-refractivity contribution in [1.82, 2.24) is 10.2 Å². The highest BCUT2D eigenvalue weighted by molar-refractivity contribution is 7.80. The quantitative estimate of drug-likeness (QED) is 0.504. The van der Waals surface area contributed by atoms with Crippen LogP contribution < -0.4 is 5.32 Å². The zero-order valence-electron chi connectivity index (χ0n) is 8.72. The molecule has 9 heavy (non-hydrogen) atoms. The number of nitrogens with one attached hydrogen (secondary N) is 1. The Bertz CT molecular complexity index is 229. The van der Waals surface area contributed by atoms with Crippen LogP contribution in [-0.2, 0) is 0 Å². The molecule has 0 unspecified atom stereocenters. The topological polar surface area (TPSA) is 35.5 Å². The van der Waals surface area contributed by atoms with Crippen LogP contribution in [0.3, 0.4) is 0 Å². The molecule has 52 valence electrons. The van der Waals surface area contributed by atoms with Gasteiger partial charge >= 0.3 is 0 Å². The molecule has 0 radical (unpaired) electrons.